The molecule has 1 aromatic heterocycles. The fourth-order valence-corrected chi connectivity index (χ4v) is 2.95. The molecule has 0 saturated heterocycles. The Morgan fingerprint density at radius 3 is 2.32 bits per heavy atom. The number of esters is 1. The standard InChI is InChI=1S/C20H13ClN2O5/c21-13-7-5-12(6-8-13)16-9-22-17(28-16)11-27-18(24)10-23-19(25)14-3-1-2-4-15(14)20(23)26/h1-9H,10-11H2. The highest BCUT2D eigenvalue weighted by Crippen LogP contribution is 2.23. The summed E-state index contributed by atoms with van der Waals surface area (Å²) in [5, 5.41) is 0.602. The summed E-state index contributed by atoms with van der Waals surface area (Å²) in [5.74, 6) is -1.07. The Balaban J connectivity index is 1.36. The molecule has 0 radical (unpaired) electrons. The van der Waals surface area contributed by atoms with Gasteiger partial charge in [-0.25, -0.2) is 4.98 Å². The summed E-state index contributed by atoms with van der Waals surface area (Å²) in [5.41, 5.74) is 1.33. The highest BCUT2D eigenvalue weighted by Gasteiger charge is 2.36. The molecule has 1 aliphatic heterocycles. The number of fused-ring (bicyclic) bond motifs is 1. The smallest absolute Gasteiger partial charge is 0.326 e. The maximum absolute atomic E-state index is 12.3. The van der Waals surface area contributed by atoms with Crippen molar-refractivity contribution in [2.45, 2.75) is 6.61 Å². The zero-order chi connectivity index (χ0) is 19.7. The maximum Gasteiger partial charge on any atom is 0.326 e. The van der Waals surface area contributed by atoms with Gasteiger partial charge in [-0.2, -0.15) is 0 Å². The number of halogens is 1. The van der Waals surface area contributed by atoms with E-state index in [1.54, 1.807) is 48.5 Å². The molecule has 0 saturated carbocycles. The van der Waals surface area contributed by atoms with E-state index in [0.29, 0.717) is 10.8 Å². The molecule has 0 N–H and O–H groups in total. The van der Waals surface area contributed by atoms with Crippen LogP contribution in [0.5, 0.6) is 0 Å². The van der Waals surface area contributed by atoms with Crippen LogP contribution in [0.15, 0.2) is 59.1 Å². The van der Waals surface area contributed by atoms with Crippen molar-refractivity contribution in [2.24, 2.45) is 0 Å². The summed E-state index contributed by atoms with van der Waals surface area (Å²) in [7, 11) is 0. The molecule has 0 unspecified atom stereocenters. The van der Waals surface area contributed by atoms with Crippen LogP contribution in [0, 0.1) is 0 Å². The van der Waals surface area contributed by atoms with Crippen molar-refractivity contribution >= 4 is 29.4 Å². The van der Waals surface area contributed by atoms with Crippen molar-refractivity contribution in [1.82, 2.24) is 9.88 Å². The van der Waals surface area contributed by atoms with Crippen molar-refractivity contribution in [3.63, 3.8) is 0 Å². The third kappa shape index (κ3) is 3.39. The number of imide groups is 1. The lowest BCUT2D eigenvalue weighted by atomic mass is 10.1. The molecule has 140 valence electrons. The SMILES string of the molecule is O=C(CN1C(=O)c2ccccc2C1=O)OCc1ncc(-c2ccc(Cl)cc2)o1. The quantitative estimate of drug-likeness (QED) is 0.485. The van der Waals surface area contributed by atoms with Gasteiger partial charge in [-0.05, 0) is 36.4 Å². The summed E-state index contributed by atoms with van der Waals surface area (Å²) in [4.78, 5) is 41.5. The molecule has 0 aliphatic carbocycles. The van der Waals surface area contributed by atoms with E-state index in [0.717, 1.165) is 10.5 Å². The van der Waals surface area contributed by atoms with Gasteiger partial charge in [0.1, 0.15) is 6.54 Å². The van der Waals surface area contributed by atoms with E-state index in [1.165, 1.54) is 6.20 Å². The molecule has 8 heteroatoms. The summed E-state index contributed by atoms with van der Waals surface area (Å²) >= 11 is 5.85. The van der Waals surface area contributed by atoms with Crippen molar-refractivity contribution in [3.8, 4) is 11.3 Å². The molecule has 1 aliphatic rings. The second-order valence-corrected chi connectivity index (χ2v) is 6.46. The number of carbonyl (C=O) groups excluding carboxylic acids is 3. The monoisotopic (exact) mass is 396 g/mol. The van der Waals surface area contributed by atoms with E-state index in [1.807, 2.05) is 0 Å². The highest BCUT2D eigenvalue weighted by atomic mass is 35.5. The summed E-state index contributed by atoms with van der Waals surface area (Å²) in [6, 6.07) is 13.4. The molecule has 0 spiro atoms. The summed E-state index contributed by atoms with van der Waals surface area (Å²) in [6.07, 6.45) is 1.51. The minimum atomic E-state index is -0.735. The van der Waals surface area contributed by atoms with E-state index >= 15 is 0 Å². The van der Waals surface area contributed by atoms with Crippen LogP contribution < -0.4 is 0 Å². The van der Waals surface area contributed by atoms with E-state index in [-0.39, 0.29) is 23.6 Å². The average Bonchev–Trinajstić information content (AvgIpc) is 3.27. The zero-order valence-electron chi connectivity index (χ0n) is 14.4. The van der Waals surface area contributed by atoms with E-state index in [9.17, 15) is 14.4 Å². The first-order valence-corrected chi connectivity index (χ1v) is 8.72. The second-order valence-electron chi connectivity index (χ2n) is 6.03. The average molecular weight is 397 g/mol. The van der Waals surface area contributed by atoms with E-state index < -0.39 is 24.3 Å². The van der Waals surface area contributed by atoms with Crippen LogP contribution in [0.4, 0.5) is 0 Å². The molecule has 0 atom stereocenters. The normalized spacial score (nSPS) is 13.0. The third-order valence-corrected chi connectivity index (χ3v) is 4.46. The van der Waals surface area contributed by atoms with Gasteiger partial charge in [0.25, 0.3) is 11.8 Å². The summed E-state index contributed by atoms with van der Waals surface area (Å²) in [6.45, 7) is -0.688. The van der Waals surface area contributed by atoms with Crippen LogP contribution >= 0.6 is 11.6 Å². The van der Waals surface area contributed by atoms with Gasteiger partial charge in [0.15, 0.2) is 12.4 Å². The molecule has 7 nitrogen and oxygen atoms in total. The van der Waals surface area contributed by atoms with Crippen molar-refractivity contribution in [2.75, 3.05) is 6.54 Å². The van der Waals surface area contributed by atoms with Crippen molar-refractivity contribution in [1.29, 1.82) is 0 Å². The van der Waals surface area contributed by atoms with E-state index in [2.05, 4.69) is 4.98 Å². The van der Waals surface area contributed by atoms with Gasteiger partial charge in [0, 0.05) is 10.6 Å². The van der Waals surface area contributed by atoms with Crippen LogP contribution in [0.2, 0.25) is 5.02 Å². The Hall–Kier alpha value is -3.45. The number of nitrogens with zero attached hydrogens (tertiary/aromatic N) is 2. The Bertz CT molecular complexity index is 1040. The number of hydrogen-bond donors (Lipinski definition) is 0. The van der Waals surface area contributed by atoms with Gasteiger partial charge >= 0.3 is 5.97 Å². The molecule has 28 heavy (non-hydrogen) atoms. The van der Waals surface area contributed by atoms with Crippen LogP contribution in [0.3, 0.4) is 0 Å². The van der Waals surface area contributed by atoms with Crippen LogP contribution in [0.1, 0.15) is 26.6 Å². The number of hydrogen-bond acceptors (Lipinski definition) is 6. The fourth-order valence-electron chi connectivity index (χ4n) is 2.82. The fraction of sp³-hybridized carbons (Fsp3) is 0.100. The molecular weight excluding hydrogens is 384 g/mol. The first-order valence-electron chi connectivity index (χ1n) is 8.34. The number of amides is 2. The largest absolute Gasteiger partial charge is 0.454 e. The second kappa shape index (κ2) is 7.28. The van der Waals surface area contributed by atoms with Crippen LogP contribution in [-0.2, 0) is 16.1 Å². The lowest BCUT2D eigenvalue weighted by Gasteiger charge is -2.12. The Labute approximate surface area is 164 Å². The lowest BCUT2D eigenvalue weighted by Crippen LogP contribution is -2.35. The molecule has 2 aromatic carbocycles. The highest BCUT2D eigenvalue weighted by molar-refractivity contribution is 6.30. The maximum atomic E-state index is 12.3. The van der Waals surface area contributed by atoms with Gasteiger partial charge in [-0.1, -0.05) is 23.7 Å². The number of oxazole rings is 1. The third-order valence-electron chi connectivity index (χ3n) is 4.20. The molecule has 0 bridgehead atoms. The van der Waals surface area contributed by atoms with Gasteiger partial charge in [-0.3, -0.25) is 19.3 Å². The number of aromatic nitrogens is 1. The number of ether oxygens (including phenoxy) is 1. The van der Waals surface area contributed by atoms with Gasteiger partial charge < -0.3 is 9.15 Å². The summed E-state index contributed by atoms with van der Waals surface area (Å²) < 4.78 is 10.6. The van der Waals surface area contributed by atoms with Crippen LogP contribution in [-0.4, -0.2) is 34.2 Å². The molecule has 2 amide bonds. The van der Waals surface area contributed by atoms with Gasteiger partial charge in [0.05, 0.1) is 17.3 Å². The molecule has 0 fully saturated rings. The number of carbonyl (C=O) groups is 3. The van der Waals surface area contributed by atoms with Gasteiger partial charge in [-0.15, -0.1) is 0 Å². The predicted octanol–water partition coefficient (Wildman–Crippen LogP) is 3.33. The molecule has 4 rings (SSSR count). The lowest BCUT2D eigenvalue weighted by molar-refractivity contribution is -0.145. The minimum absolute atomic E-state index is 0.195. The first kappa shape index (κ1) is 17.9. The predicted molar refractivity (Wildman–Crippen MR) is 98.6 cm³/mol. The number of rotatable bonds is 5. The zero-order valence-corrected chi connectivity index (χ0v) is 15.2. The molecule has 3 aromatic rings. The van der Waals surface area contributed by atoms with Crippen LogP contribution in [0.25, 0.3) is 11.3 Å². The van der Waals surface area contributed by atoms with Gasteiger partial charge in [0.2, 0.25) is 5.89 Å². The van der Waals surface area contributed by atoms with E-state index in [4.69, 9.17) is 20.8 Å². The van der Waals surface area contributed by atoms with Crippen molar-refractivity contribution < 1.29 is 23.5 Å². The Morgan fingerprint density at radius 1 is 1.04 bits per heavy atom. The Morgan fingerprint density at radius 2 is 1.68 bits per heavy atom. The topological polar surface area (TPSA) is 89.7 Å². The first-order chi connectivity index (χ1) is 13.5. The molecule has 2 heterocycles. The van der Waals surface area contributed by atoms with Crippen molar-refractivity contribution in [3.05, 3.63) is 76.8 Å². The molecular formula is C20H13ClN2O5. The minimum Gasteiger partial charge on any atom is -0.454 e. The number of benzene rings is 2. The Kier molecular flexibility index (Phi) is 4.67.